The first-order valence-corrected chi connectivity index (χ1v) is 10.0. The van der Waals surface area contributed by atoms with Crippen molar-refractivity contribution >= 4 is 17.8 Å². The number of pyridine rings is 1. The first-order chi connectivity index (χ1) is 14.5. The molecule has 2 saturated heterocycles. The molecule has 10 heteroatoms. The maximum absolute atomic E-state index is 12.8. The summed E-state index contributed by atoms with van der Waals surface area (Å²) in [5.74, 6) is 0.813. The minimum Gasteiger partial charge on any atom is -0.465 e. The van der Waals surface area contributed by atoms with Crippen LogP contribution in [-0.2, 0) is 14.3 Å². The van der Waals surface area contributed by atoms with Crippen LogP contribution in [0.25, 0.3) is 0 Å². The van der Waals surface area contributed by atoms with Crippen LogP contribution in [0.1, 0.15) is 24.8 Å². The Kier molecular flexibility index (Phi) is 7.43. The highest BCUT2D eigenvalue weighted by molar-refractivity contribution is 5.83. The van der Waals surface area contributed by atoms with Gasteiger partial charge >= 0.3 is 6.09 Å². The van der Waals surface area contributed by atoms with Crippen LogP contribution in [0.15, 0.2) is 18.3 Å². The summed E-state index contributed by atoms with van der Waals surface area (Å²) in [4.78, 5) is 32.0. The second kappa shape index (κ2) is 10.2. The van der Waals surface area contributed by atoms with E-state index >= 15 is 0 Å². The molecular weight excluding hydrogens is 390 g/mol. The third-order valence-electron chi connectivity index (χ3n) is 5.49. The summed E-state index contributed by atoms with van der Waals surface area (Å²) < 4.78 is 10.7. The number of nitriles is 1. The molecule has 2 N–H and O–H groups in total. The minimum absolute atomic E-state index is 0.0311. The topological polar surface area (TPSA) is 128 Å². The summed E-state index contributed by atoms with van der Waals surface area (Å²) in [6.45, 7) is 2.49. The van der Waals surface area contributed by atoms with Crippen molar-refractivity contribution in [1.82, 2.24) is 15.2 Å². The molecule has 1 aromatic heterocycles. The number of amides is 2. The van der Waals surface area contributed by atoms with E-state index in [-0.39, 0.29) is 25.2 Å². The Bertz CT molecular complexity index is 773. The van der Waals surface area contributed by atoms with E-state index in [9.17, 15) is 9.59 Å². The van der Waals surface area contributed by atoms with Gasteiger partial charge in [0.2, 0.25) is 0 Å². The number of rotatable bonds is 8. The van der Waals surface area contributed by atoms with Crippen molar-refractivity contribution in [3.05, 3.63) is 23.9 Å². The van der Waals surface area contributed by atoms with Gasteiger partial charge < -0.3 is 29.7 Å². The molecule has 0 bridgehead atoms. The zero-order valence-electron chi connectivity index (χ0n) is 17.0. The lowest BCUT2D eigenvalue weighted by Gasteiger charge is -2.37. The number of carboxylic acid groups (broad SMARTS) is 1. The average molecular weight is 417 g/mol. The molecule has 10 nitrogen and oxygen atoms in total. The Morgan fingerprint density at radius 1 is 1.33 bits per heavy atom. The predicted molar refractivity (Wildman–Crippen MR) is 107 cm³/mol. The van der Waals surface area contributed by atoms with Gasteiger partial charge in [0.05, 0.1) is 24.8 Å². The van der Waals surface area contributed by atoms with Crippen LogP contribution in [0.5, 0.6) is 0 Å². The number of methoxy groups -OCH3 is 1. The van der Waals surface area contributed by atoms with Gasteiger partial charge in [-0.25, -0.2) is 9.78 Å². The first kappa shape index (κ1) is 21.8. The summed E-state index contributed by atoms with van der Waals surface area (Å²) in [6.07, 6.45) is 2.16. The number of hydrogen-bond donors (Lipinski definition) is 2. The third-order valence-corrected chi connectivity index (χ3v) is 5.49. The summed E-state index contributed by atoms with van der Waals surface area (Å²) >= 11 is 0. The van der Waals surface area contributed by atoms with Crippen molar-refractivity contribution in [2.75, 3.05) is 44.9 Å². The molecule has 2 aliphatic heterocycles. The number of nitrogens with one attached hydrogen (secondary N) is 1. The average Bonchev–Trinajstić information content (AvgIpc) is 3.12. The van der Waals surface area contributed by atoms with Crippen LogP contribution in [-0.4, -0.2) is 85.1 Å². The van der Waals surface area contributed by atoms with Crippen molar-refractivity contribution in [2.24, 2.45) is 0 Å². The minimum atomic E-state index is -1.15. The largest absolute Gasteiger partial charge is 0.465 e. The molecule has 30 heavy (non-hydrogen) atoms. The van der Waals surface area contributed by atoms with Crippen LogP contribution in [0.3, 0.4) is 0 Å². The molecule has 1 unspecified atom stereocenters. The zero-order chi connectivity index (χ0) is 21.5. The number of hydrogen-bond acceptors (Lipinski definition) is 7. The zero-order valence-corrected chi connectivity index (χ0v) is 17.0. The fourth-order valence-corrected chi connectivity index (χ4v) is 3.98. The predicted octanol–water partition coefficient (Wildman–Crippen LogP) is 0.822. The highest BCUT2D eigenvalue weighted by Crippen LogP contribution is 2.26. The number of nitrogens with zero attached hydrogens (tertiary/aromatic N) is 4. The highest BCUT2D eigenvalue weighted by Gasteiger charge is 2.38. The van der Waals surface area contributed by atoms with E-state index in [1.165, 1.54) is 7.11 Å². The summed E-state index contributed by atoms with van der Waals surface area (Å²) in [5.41, 5.74) is 0.536. The fraction of sp³-hybridized carbons (Fsp3) is 0.600. The Morgan fingerprint density at radius 3 is 2.70 bits per heavy atom. The normalized spacial score (nSPS) is 20.8. The number of carbonyl (C=O) groups is 2. The maximum atomic E-state index is 12.8. The van der Waals surface area contributed by atoms with E-state index in [1.807, 2.05) is 11.0 Å². The van der Waals surface area contributed by atoms with E-state index in [4.69, 9.17) is 19.8 Å². The van der Waals surface area contributed by atoms with E-state index in [0.29, 0.717) is 18.5 Å². The van der Waals surface area contributed by atoms with Crippen molar-refractivity contribution in [3.63, 3.8) is 0 Å². The molecule has 1 aromatic rings. The number of ether oxygens (including phenoxy) is 2. The molecule has 162 valence electrons. The van der Waals surface area contributed by atoms with Crippen molar-refractivity contribution in [3.8, 4) is 6.07 Å². The number of aromatic nitrogens is 1. The quantitative estimate of drug-likeness (QED) is 0.636. The molecule has 2 fully saturated rings. The van der Waals surface area contributed by atoms with Gasteiger partial charge in [-0.15, -0.1) is 0 Å². The van der Waals surface area contributed by atoms with Crippen molar-refractivity contribution in [2.45, 2.75) is 37.5 Å². The van der Waals surface area contributed by atoms with Gasteiger partial charge in [-0.2, -0.15) is 5.26 Å². The Balaban J connectivity index is 1.48. The lowest BCUT2D eigenvalue weighted by Crippen LogP contribution is -2.47. The number of anilines is 1. The van der Waals surface area contributed by atoms with Gasteiger partial charge in [0, 0.05) is 45.4 Å². The Labute approximate surface area is 175 Å². The lowest BCUT2D eigenvalue weighted by atomic mass is 10.0. The third kappa shape index (κ3) is 5.37. The van der Waals surface area contributed by atoms with Gasteiger partial charge in [-0.1, -0.05) is 0 Å². The van der Waals surface area contributed by atoms with Crippen LogP contribution < -0.4 is 10.2 Å². The molecule has 0 aliphatic carbocycles. The standard InChI is InChI=1S/C20H27N5O5/c1-29-12-15(23-20(27)28)13-30-17-6-9-25(19(17)26)16-4-7-24(8-5-16)18-3-2-14(10-21)11-22-18/h2-3,11,15-17,23H,4-9,12-13H2,1H3,(H,27,28)/t15-,17?/m0/s1. The number of carbonyl (C=O) groups excluding carboxylic acids is 1. The van der Waals surface area contributed by atoms with Crippen molar-refractivity contribution in [1.29, 1.82) is 5.26 Å². The molecule has 2 aliphatic rings. The van der Waals surface area contributed by atoms with Gasteiger partial charge in [0.25, 0.3) is 5.91 Å². The Hall–Kier alpha value is -2.90. The molecule has 2 amide bonds. The molecule has 0 radical (unpaired) electrons. The van der Waals surface area contributed by atoms with E-state index < -0.39 is 18.2 Å². The van der Waals surface area contributed by atoms with Gasteiger partial charge in [0.15, 0.2) is 0 Å². The fourth-order valence-electron chi connectivity index (χ4n) is 3.98. The molecule has 0 aromatic carbocycles. The smallest absolute Gasteiger partial charge is 0.405 e. The molecule has 3 heterocycles. The molecule has 0 saturated carbocycles. The monoisotopic (exact) mass is 417 g/mol. The van der Waals surface area contributed by atoms with Gasteiger partial charge in [-0.3, -0.25) is 4.79 Å². The van der Waals surface area contributed by atoms with Crippen LogP contribution in [0.2, 0.25) is 0 Å². The SMILES string of the molecule is COC[C@@H](COC1CCN(C2CCN(c3ccc(C#N)cn3)CC2)C1=O)NC(=O)O. The van der Waals surface area contributed by atoms with Gasteiger partial charge in [0.1, 0.15) is 18.0 Å². The van der Waals surface area contributed by atoms with Crippen LogP contribution >= 0.6 is 0 Å². The van der Waals surface area contributed by atoms with Crippen LogP contribution in [0.4, 0.5) is 10.6 Å². The second-order valence-corrected chi connectivity index (χ2v) is 7.48. The van der Waals surface area contributed by atoms with Crippen LogP contribution in [0, 0.1) is 11.3 Å². The second-order valence-electron chi connectivity index (χ2n) is 7.48. The number of likely N-dealkylation sites (tertiary alicyclic amines) is 1. The first-order valence-electron chi connectivity index (χ1n) is 10.0. The Morgan fingerprint density at radius 2 is 2.10 bits per heavy atom. The highest BCUT2D eigenvalue weighted by atomic mass is 16.5. The molecule has 3 rings (SSSR count). The molecular formula is C20H27N5O5. The molecule has 2 atom stereocenters. The lowest BCUT2D eigenvalue weighted by molar-refractivity contribution is -0.140. The summed E-state index contributed by atoms with van der Waals surface area (Å²) in [6, 6.07) is 5.32. The van der Waals surface area contributed by atoms with Crippen molar-refractivity contribution < 1.29 is 24.2 Å². The van der Waals surface area contributed by atoms with E-state index in [1.54, 1.807) is 12.3 Å². The van der Waals surface area contributed by atoms with E-state index in [2.05, 4.69) is 21.3 Å². The number of piperidine rings is 1. The van der Waals surface area contributed by atoms with E-state index in [0.717, 1.165) is 31.7 Å². The maximum Gasteiger partial charge on any atom is 0.405 e. The summed E-state index contributed by atoms with van der Waals surface area (Å²) in [5, 5.41) is 20.1. The van der Waals surface area contributed by atoms with Gasteiger partial charge in [-0.05, 0) is 25.0 Å². The molecule has 0 spiro atoms. The summed E-state index contributed by atoms with van der Waals surface area (Å²) in [7, 11) is 1.48.